The number of carbonyl (C=O) groups excluding carboxylic acids is 2. The third-order valence-corrected chi connectivity index (χ3v) is 3.58. The first-order valence-electron chi connectivity index (χ1n) is 6.31. The number of Topliss-reactive ketones (excluding diaryl/α,β-unsaturated/α-hetero) is 1. The minimum atomic E-state index is -0.110. The Morgan fingerprint density at radius 3 is 2.35 bits per heavy atom. The Bertz CT molecular complexity index is 290. The summed E-state index contributed by atoms with van der Waals surface area (Å²) < 4.78 is 5.24. The van der Waals surface area contributed by atoms with Crippen LogP contribution in [0.2, 0.25) is 0 Å². The van der Waals surface area contributed by atoms with E-state index in [-0.39, 0.29) is 11.9 Å². The summed E-state index contributed by atoms with van der Waals surface area (Å²) in [4.78, 5) is 27.4. The van der Waals surface area contributed by atoms with Gasteiger partial charge in [-0.15, -0.1) is 0 Å². The van der Waals surface area contributed by atoms with Crippen molar-refractivity contribution in [3.63, 3.8) is 0 Å². The highest BCUT2D eigenvalue weighted by Crippen LogP contribution is 2.12. The molecule has 1 unspecified atom stereocenters. The first kappa shape index (κ1) is 12.5. The highest BCUT2D eigenvalue weighted by atomic mass is 16.5. The second-order valence-corrected chi connectivity index (χ2v) is 4.69. The molecule has 1 atom stereocenters. The normalized spacial score (nSPS) is 24.8. The maximum Gasteiger partial charge on any atom is 0.239 e. The lowest BCUT2D eigenvalue weighted by Gasteiger charge is -2.35. The van der Waals surface area contributed by atoms with Crippen molar-refractivity contribution < 1.29 is 14.3 Å². The summed E-state index contributed by atoms with van der Waals surface area (Å²) in [5, 5.41) is 0. The molecule has 5 nitrogen and oxygen atoms in total. The van der Waals surface area contributed by atoms with Crippen molar-refractivity contribution in [2.75, 3.05) is 39.4 Å². The van der Waals surface area contributed by atoms with Gasteiger partial charge in [0.05, 0.1) is 19.3 Å². The lowest BCUT2D eigenvalue weighted by molar-refractivity contribution is -0.142. The number of hydrogen-bond donors (Lipinski definition) is 0. The molecule has 17 heavy (non-hydrogen) atoms. The third kappa shape index (κ3) is 3.04. The fourth-order valence-corrected chi connectivity index (χ4v) is 2.36. The van der Waals surface area contributed by atoms with Crippen molar-refractivity contribution >= 4 is 11.7 Å². The van der Waals surface area contributed by atoms with Gasteiger partial charge in [-0.2, -0.15) is 0 Å². The van der Waals surface area contributed by atoms with Gasteiger partial charge in [0.1, 0.15) is 5.78 Å². The topological polar surface area (TPSA) is 49.9 Å². The molecule has 96 valence electrons. The molecule has 0 N–H and O–H groups in total. The molecule has 2 saturated heterocycles. The Morgan fingerprint density at radius 1 is 1.18 bits per heavy atom. The lowest BCUT2D eigenvalue weighted by Crippen LogP contribution is -2.52. The van der Waals surface area contributed by atoms with Crippen LogP contribution in [-0.4, -0.2) is 66.9 Å². The van der Waals surface area contributed by atoms with Gasteiger partial charge in [-0.3, -0.25) is 14.5 Å². The maximum atomic E-state index is 12.2. The molecule has 0 aliphatic carbocycles. The first-order chi connectivity index (χ1) is 8.18. The van der Waals surface area contributed by atoms with Crippen LogP contribution in [0.4, 0.5) is 0 Å². The highest BCUT2D eigenvalue weighted by molar-refractivity contribution is 5.83. The second kappa shape index (κ2) is 5.60. The smallest absolute Gasteiger partial charge is 0.239 e. The molecule has 2 aliphatic rings. The molecule has 2 fully saturated rings. The van der Waals surface area contributed by atoms with Gasteiger partial charge < -0.3 is 9.64 Å². The summed E-state index contributed by atoms with van der Waals surface area (Å²) in [5.41, 5.74) is 0. The van der Waals surface area contributed by atoms with Crippen LogP contribution in [0.5, 0.6) is 0 Å². The molecule has 2 aliphatic heterocycles. The predicted octanol–water partition coefficient (Wildman–Crippen LogP) is -0.101. The van der Waals surface area contributed by atoms with Gasteiger partial charge in [-0.1, -0.05) is 0 Å². The third-order valence-electron chi connectivity index (χ3n) is 3.58. The molecule has 5 heteroatoms. The van der Waals surface area contributed by atoms with Crippen LogP contribution in [0.25, 0.3) is 0 Å². The fourth-order valence-electron chi connectivity index (χ4n) is 2.36. The van der Waals surface area contributed by atoms with Crippen molar-refractivity contribution in [3.05, 3.63) is 0 Å². The molecule has 0 aromatic rings. The highest BCUT2D eigenvalue weighted by Gasteiger charge is 2.29. The van der Waals surface area contributed by atoms with Crippen LogP contribution in [0, 0.1) is 0 Å². The van der Waals surface area contributed by atoms with Crippen LogP contribution in [0.3, 0.4) is 0 Å². The summed E-state index contributed by atoms with van der Waals surface area (Å²) in [6.07, 6.45) is 1.17. The lowest BCUT2D eigenvalue weighted by atomic mass is 10.1. The number of carbonyl (C=O) groups is 2. The van der Waals surface area contributed by atoms with E-state index < -0.39 is 0 Å². The van der Waals surface area contributed by atoms with Gasteiger partial charge in [0.25, 0.3) is 0 Å². The second-order valence-electron chi connectivity index (χ2n) is 4.69. The van der Waals surface area contributed by atoms with Crippen LogP contribution in [-0.2, 0) is 14.3 Å². The standard InChI is InChI=1S/C12H20N2O3/c1-10(13-4-2-11(15)3-5-13)12(16)14-6-8-17-9-7-14/h10H,2-9H2,1H3. The monoisotopic (exact) mass is 240 g/mol. The van der Waals surface area contributed by atoms with E-state index in [1.165, 1.54) is 0 Å². The summed E-state index contributed by atoms with van der Waals surface area (Å²) in [7, 11) is 0. The van der Waals surface area contributed by atoms with Crippen LogP contribution >= 0.6 is 0 Å². The molecule has 0 aromatic heterocycles. The average molecular weight is 240 g/mol. The molecule has 0 radical (unpaired) electrons. The van der Waals surface area contributed by atoms with E-state index in [1.807, 2.05) is 11.8 Å². The summed E-state index contributed by atoms with van der Waals surface area (Å²) in [6.45, 7) is 6.03. The van der Waals surface area contributed by atoms with E-state index in [9.17, 15) is 9.59 Å². The molecule has 1 amide bonds. The van der Waals surface area contributed by atoms with Crippen molar-refractivity contribution in [3.8, 4) is 0 Å². The first-order valence-corrected chi connectivity index (χ1v) is 6.31. The van der Waals surface area contributed by atoms with Crippen molar-refractivity contribution in [2.45, 2.75) is 25.8 Å². The van der Waals surface area contributed by atoms with E-state index in [2.05, 4.69) is 4.90 Å². The number of morpholine rings is 1. The largest absolute Gasteiger partial charge is 0.378 e. The van der Waals surface area contributed by atoms with E-state index >= 15 is 0 Å². The quantitative estimate of drug-likeness (QED) is 0.676. The zero-order valence-corrected chi connectivity index (χ0v) is 10.4. The zero-order chi connectivity index (χ0) is 12.3. The Hall–Kier alpha value is -0.940. The molecular formula is C12H20N2O3. The predicted molar refractivity (Wildman–Crippen MR) is 62.7 cm³/mol. The Labute approximate surface area is 102 Å². The average Bonchev–Trinajstić information content (AvgIpc) is 2.39. The van der Waals surface area contributed by atoms with Gasteiger partial charge in [0.2, 0.25) is 5.91 Å². The number of ketones is 1. The number of likely N-dealkylation sites (tertiary alicyclic amines) is 1. The van der Waals surface area contributed by atoms with E-state index in [4.69, 9.17) is 4.74 Å². The molecule has 0 spiro atoms. The van der Waals surface area contributed by atoms with Crippen molar-refractivity contribution in [2.24, 2.45) is 0 Å². The van der Waals surface area contributed by atoms with Gasteiger partial charge in [0.15, 0.2) is 0 Å². The fraction of sp³-hybridized carbons (Fsp3) is 0.833. The minimum Gasteiger partial charge on any atom is -0.378 e. The summed E-state index contributed by atoms with van der Waals surface area (Å²) >= 11 is 0. The number of piperidine rings is 1. The van der Waals surface area contributed by atoms with E-state index in [1.54, 1.807) is 0 Å². The van der Waals surface area contributed by atoms with Gasteiger partial charge in [0, 0.05) is 39.0 Å². The molecule has 2 heterocycles. The van der Waals surface area contributed by atoms with Crippen molar-refractivity contribution in [1.82, 2.24) is 9.80 Å². The molecule has 2 rings (SSSR count). The van der Waals surface area contributed by atoms with Gasteiger partial charge in [-0.25, -0.2) is 0 Å². The Balaban J connectivity index is 1.87. The number of ether oxygens (including phenoxy) is 1. The molecular weight excluding hydrogens is 220 g/mol. The SMILES string of the molecule is CC(C(=O)N1CCOCC1)N1CCC(=O)CC1. The number of hydrogen-bond acceptors (Lipinski definition) is 4. The van der Waals surface area contributed by atoms with E-state index in [0.29, 0.717) is 44.9 Å². The Morgan fingerprint density at radius 2 is 1.76 bits per heavy atom. The van der Waals surface area contributed by atoms with Gasteiger partial charge in [-0.05, 0) is 6.92 Å². The van der Waals surface area contributed by atoms with Crippen molar-refractivity contribution in [1.29, 1.82) is 0 Å². The van der Waals surface area contributed by atoms with Gasteiger partial charge >= 0.3 is 0 Å². The molecule has 0 aromatic carbocycles. The molecule has 0 saturated carbocycles. The minimum absolute atomic E-state index is 0.110. The van der Waals surface area contributed by atoms with Crippen LogP contribution in [0.15, 0.2) is 0 Å². The summed E-state index contributed by atoms with van der Waals surface area (Å²) in [5.74, 6) is 0.481. The zero-order valence-electron chi connectivity index (χ0n) is 10.4. The Kier molecular flexibility index (Phi) is 4.12. The number of amides is 1. The summed E-state index contributed by atoms with van der Waals surface area (Å²) in [6, 6.07) is -0.110. The number of rotatable bonds is 2. The van der Waals surface area contributed by atoms with Crippen LogP contribution < -0.4 is 0 Å². The molecule has 0 bridgehead atoms. The van der Waals surface area contributed by atoms with E-state index in [0.717, 1.165) is 13.1 Å². The van der Waals surface area contributed by atoms with Crippen LogP contribution in [0.1, 0.15) is 19.8 Å². The number of nitrogens with zero attached hydrogens (tertiary/aromatic N) is 2. The maximum absolute atomic E-state index is 12.2.